The minimum atomic E-state index is -0.770. The molecule has 0 bridgehead atoms. The fraction of sp³-hybridized carbons (Fsp3) is 0.412. The second-order valence-corrected chi connectivity index (χ2v) is 5.33. The molecule has 1 aromatic carbocycles. The Kier molecular flexibility index (Phi) is 9.07. The maximum atomic E-state index is 12.0. The van der Waals surface area contributed by atoms with Crippen LogP contribution in [0.4, 0.5) is 11.4 Å². The zero-order valence-electron chi connectivity index (χ0n) is 15.8. The molecule has 2 N–H and O–H groups in total. The van der Waals surface area contributed by atoms with Crippen molar-refractivity contribution in [3.8, 4) is 5.75 Å². The Balaban J connectivity index is 2.88. The Labute approximate surface area is 161 Å². The van der Waals surface area contributed by atoms with Crippen LogP contribution in [0.3, 0.4) is 0 Å². The van der Waals surface area contributed by atoms with Crippen molar-refractivity contribution in [1.82, 2.24) is 0 Å². The number of hydrogen-bond acceptors (Lipinski definition) is 11. The van der Waals surface area contributed by atoms with Gasteiger partial charge in [0.2, 0.25) is 13.6 Å². The smallest absolute Gasteiger partial charge is 0.328 e. The van der Waals surface area contributed by atoms with Gasteiger partial charge in [-0.15, -0.1) is 0 Å². The first-order chi connectivity index (χ1) is 13.2. The molecule has 0 aliphatic heterocycles. The monoisotopic (exact) mass is 398 g/mol. The SMILES string of the molecule is COc1cc(N)ccc1N(CC(=O)OCOC(C)=O)CC(=O)OCOC(C)=O. The van der Waals surface area contributed by atoms with E-state index in [1.54, 1.807) is 12.1 Å². The molecule has 11 heteroatoms. The van der Waals surface area contributed by atoms with Crippen LogP contribution in [0.2, 0.25) is 0 Å². The Hall–Kier alpha value is -3.50. The van der Waals surface area contributed by atoms with Crippen molar-refractivity contribution in [3.05, 3.63) is 18.2 Å². The number of nitrogen functional groups attached to an aromatic ring is 1. The van der Waals surface area contributed by atoms with E-state index in [4.69, 9.17) is 19.9 Å². The van der Waals surface area contributed by atoms with Gasteiger partial charge in [-0.2, -0.15) is 0 Å². The van der Waals surface area contributed by atoms with Crippen LogP contribution >= 0.6 is 0 Å². The van der Waals surface area contributed by atoms with Gasteiger partial charge < -0.3 is 34.3 Å². The number of ether oxygens (including phenoxy) is 5. The van der Waals surface area contributed by atoms with E-state index in [1.165, 1.54) is 31.9 Å². The molecule has 0 aliphatic rings. The Morgan fingerprint density at radius 1 is 0.893 bits per heavy atom. The van der Waals surface area contributed by atoms with Crippen molar-refractivity contribution in [2.75, 3.05) is 44.4 Å². The van der Waals surface area contributed by atoms with E-state index < -0.39 is 37.5 Å². The van der Waals surface area contributed by atoms with E-state index in [2.05, 4.69) is 9.47 Å². The first-order valence-corrected chi connectivity index (χ1v) is 7.99. The average molecular weight is 398 g/mol. The highest BCUT2D eigenvalue weighted by Gasteiger charge is 2.21. The molecule has 11 nitrogen and oxygen atoms in total. The Bertz CT molecular complexity index is 687. The highest BCUT2D eigenvalue weighted by atomic mass is 16.7. The second-order valence-electron chi connectivity index (χ2n) is 5.33. The summed E-state index contributed by atoms with van der Waals surface area (Å²) >= 11 is 0. The zero-order chi connectivity index (χ0) is 21.1. The molecule has 0 saturated carbocycles. The molecule has 0 amide bonds. The summed E-state index contributed by atoms with van der Waals surface area (Å²) in [5.41, 5.74) is 6.49. The maximum absolute atomic E-state index is 12.0. The number of benzene rings is 1. The quantitative estimate of drug-likeness (QED) is 0.328. The Morgan fingerprint density at radius 2 is 1.39 bits per heavy atom. The van der Waals surface area contributed by atoms with Gasteiger partial charge in [0, 0.05) is 25.6 Å². The number of nitrogens with zero attached hydrogens (tertiary/aromatic N) is 1. The summed E-state index contributed by atoms with van der Waals surface area (Å²) < 4.78 is 23.9. The molecule has 0 aromatic heterocycles. The van der Waals surface area contributed by atoms with Gasteiger partial charge in [-0.25, -0.2) is 0 Å². The number of carbonyl (C=O) groups is 4. The summed E-state index contributed by atoms with van der Waals surface area (Å²) in [6.45, 7) is 0.445. The molecule has 0 atom stereocenters. The highest BCUT2D eigenvalue weighted by Crippen LogP contribution is 2.30. The summed E-state index contributed by atoms with van der Waals surface area (Å²) in [6.07, 6.45) is 0. The molecular weight excluding hydrogens is 376 g/mol. The second kappa shape index (κ2) is 11.3. The average Bonchev–Trinajstić information content (AvgIpc) is 2.60. The molecule has 0 unspecified atom stereocenters. The van der Waals surface area contributed by atoms with Crippen LogP contribution in [0, 0.1) is 0 Å². The van der Waals surface area contributed by atoms with Crippen LogP contribution in [0.25, 0.3) is 0 Å². The predicted octanol–water partition coefficient (Wildman–Crippen LogP) is 0.211. The summed E-state index contributed by atoms with van der Waals surface area (Å²) in [6, 6.07) is 4.61. The van der Waals surface area contributed by atoms with Crippen LogP contribution in [-0.2, 0) is 38.1 Å². The molecule has 0 aliphatic carbocycles. The minimum absolute atomic E-state index is 0.306. The lowest BCUT2D eigenvalue weighted by Gasteiger charge is -2.24. The van der Waals surface area contributed by atoms with Gasteiger partial charge in [0.1, 0.15) is 18.8 Å². The molecule has 1 aromatic rings. The molecule has 0 heterocycles. The third-order valence-corrected chi connectivity index (χ3v) is 3.15. The van der Waals surface area contributed by atoms with Crippen molar-refractivity contribution in [2.45, 2.75) is 13.8 Å². The maximum Gasteiger partial charge on any atom is 0.328 e. The number of anilines is 2. The van der Waals surface area contributed by atoms with Gasteiger partial charge in [-0.1, -0.05) is 0 Å². The normalized spacial score (nSPS) is 9.82. The molecule has 0 radical (unpaired) electrons. The van der Waals surface area contributed by atoms with Gasteiger partial charge in [-0.05, 0) is 12.1 Å². The molecule has 28 heavy (non-hydrogen) atoms. The van der Waals surface area contributed by atoms with Gasteiger partial charge in [0.15, 0.2) is 0 Å². The lowest BCUT2D eigenvalue weighted by atomic mass is 10.2. The van der Waals surface area contributed by atoms with Crippen molar-refractivity contribution in [1.29, 1.82) is 0 Å². The number of hydrogen-bond donors (Lipinski definition) is 1. The predicted molar refractivity (Wildman–Crippen MR) is 95.1 cm³/mol. The van der Waals surface area contributed by atoms with Crippen molar-refractivity contribution >= 4 is 35.3 Å². The lowest BCUT2D eigenvalue weighted by molar-refractivity contribution is -0.165. The van der Waals surface area contributed by atoms with Gasteiger partial charge in [0.25, 0.3) is 0 Å². The van der Waals surface area contributed by atoms with Gasteiger partial charge in [0.05, 0.1) is 12.8 Å². The van der Waals surface area contributed by atoms with E-state index in [-0.39, 0.29) is 13.1 Å². The zero-order valence-corrected chi connectivity index (χ0v) is 15.8. The topological polar surface area (TPSA) is 144 Å². The number of nitrogens with two attached hydrogens (primary N) is 1. The lowest BCUT2D eigenvalue weighted by Crippen LogP contribution is -2.37. The fourth-order valence-electron chi connectivity index (χ4n) is 1.94. The minimum Gasteiger partial charge on any atom is -0.495 e. The van der Waals surface area contributed by atoms with Crippen molar-refractivity contribution in [3.63, 3.8) is 0 Å². The van der Waals surface area contributed by atoms with Gasteiger partial charge >= 0.3 is 23.9 Å². The van der Waals surface area contributed by atoms with Crippen molar-refractivity contribution in [2.24, 2.45) is 0 Å². The van der Waals surface area contributed by atoms with Crippen LogP contribution in [0.1, 0.15) is 13.8 Å². The van der Waals surface area contributed by atoms with Crippen LogP contribution in [0.5, 0.6) is 5.75 Å². The number of methoxy groups -OCH3 is 1. The first kappa shape index (κ1) is 22.5. The number of rotatable bonds is 10. The number of carbonyl (C=O) groups excluding carboxylic acids is 4. The van der Waals surface area contributed by atoms with Crippen LogP contribution in [-0.4, -0.2) is 57.7 Å². The first-order valence-electron chi connectivity index (χ1n) is 7.99. The van der Waals surface area contributed by atoms with E-state index in [0.717, 1.165) is 0 Å². The highest BCUT2D eigenvalue weighted by molar-refractivity contribution is 5.83. The molecule has 1 rings (SSSR count). The molecular formula is C17H22N2O9. The summed E-state index contributed by atoms with van der Waals surface area (Å²) in [4.78, 5) is 46.8. The summed E-state index contributed by atoms with van der Waals surface area (Å²) in [5.74, 6) is -2.46. The fourth-order valence-corrected chi connectivity index (χ4v) is 1.94. The largest absolute Gasteiger partial charge is 0.495 e. The van der Waals surface area contributed by atoms with E-state index in [1.807, 2.05) is 0 Å². The van der Waals surface area contributed by atoms with Crippen LogP contribution < -0.4 is 15.4 Å². The van der Waals surface area contributed by atoms with E-state index in [9.17, 15) is 19.2 Å². The van der Waals surface area contributed by atoms with Crippen molar-refractivity contribution < 1.29 is 42.9 Å². The third-order valence-electron chi connectivity index (χ3n) is 3.15. The Morgan fingerprint density at radius 3 is 1.82 bits per heavy atom. The molecule has 0 spiro atoms. The standard InChI is InChI=1S/C17H22N2O9/c1-11(20)25-9-27-16(22)7-19(8-17(23)28-10-26-12(2)21)14-5-4-13(18)6-15(14)24-3/h4-6H,7-10,18H2,1-3H3. The van der Waals surface area contributed by atoms with Crippen LogP contribution in [0.15, 0.2) is 18.2 Å². The molecule has 154 valence electrons. The molecule has 0 saturated heterocycles. The van der Waals surface area contributed by atoms with Gasteiger partial charge in [-0.3, -0.25) is 19.2 Å². The van der Waals surface area contributed by atoms with E-state index >= 15 is 0 Å². The molecule has 0 fully saturated rings. The summed E-state index contributed by atoms with van der Waals surface area (Å²) in [5, 5.41) is 0. The third kappa shape index (κ3) is 8.25. The van der Waals surface area contributed by atoms with E-state index in [0.29, 0.717) is 17.1 Å². The summed E-state index contributed by atoms with van der Waals surface area (Å²) in [7, 11) is 1.40. The number of esters is 4.